The third kappa shape index (κ3) is 3.01. The van der Waals surface area contributed by atoms with Gasteiger partial charge in [-0.2, -0.15) is 0 Å². The van der Waals surface area contributed by atoms with Crippen molar-refractivity contribution in [3.63, 3.8) is 0 Å². The maximum Gasteiger partial charge on any atom is 0.327 e. The van der Waals surface area contributed by atoms with Crippen molar-refractivity contribution in [3.05, 3.63) is 41.0 Å². The minimum atomic E-state index is -0.509. The summed E-state index contributed by atoms with van der Waals surface area (Å²) in [6.07, 6.45) is 4.15. The lowest BCUT2D eigenvalue weighted by molar-refractivity contribution is -0.143. The first-order valence-electron chi connectivity index (χ1n) is 7.05. The number of ether oxygens (including phenoxy) is 1. The van der Waals surface area contributed by atoms with Crippen LogP contribution < -0.4 is 5.32 Å². The smallest absolute Gasteiger partial charge is 0.327 e. The SMILES string of the molecule is COC(=O)C(NCC1CC1)c1ccc(Cl)c2cccnc12. The number of carbonyl (C=O) groups excluding carboxylic acids is 1. The van der Waals surface area contributed by atoms with E-state index in [9.17, 15) is 4.79 Å². The van der Waals surface area contributed by atoms with Gasteiger partial charge in [-0.05, 0) is 43.5 Å². The maximum absolute atomic E-state index is 12.1. The number of pyridine rings is 1. The van der Waals surface area contributed by atoms with Crippen molar-refractivity contribution in [1.29, 1.82) is 0 Å². The average molecular weight is 305 g/mol. The molecule has 0 spiro atoms. The van der Waals surface area contributed by atoms with E-state index in [0.29, 0.717) is 10.9 Å². The molecule has 0 aliphatic heterocycles. The molecule has 1 atom stereocenters. The number of nitrogens with one attached hydrogen (secondary N) is 1. The van der Waals surface area contributed by atoms with Crippen molar-refractivity contribution in [2.24, 2.45) is 5.92 Å². The zero-order chi connectivity index (χ0) is 14.8. The molecule has 1 N–H and O–H groups in total. The fourth-order valence-electron chi connectivity index (χ4n) is 2.44. The molecule has 1 unspecified atom stereocenters. The van der Waals surface area contributed by atoms with Crippen LogP contribution in [0.2, 0.25) is 5.02 Å². The van der Waals surface area contributed by atoms with Gasteiger partial charge in [-0.15, -0.1) is 0 Å². The van der Waals surface area contributed by atoms with E-state index in [4.69, 9.17) is 16.3 Å². The maximum atomic E-state index is 12.1. The van der Waals surface area contributed by atoms with Gasteiger partial charge < -0.3 is 10.1 Å². The highest BCUT2D eigenvalue weighted by molar-refractivity contribution is 6.35. The van der Waals surface area contributed by atoms with Gasteiger partial charge in [0.1, 0.15) is 6.04 Å². The number of esters is 1. The van der Waals surface area contributed by atoms with Crippen molar-refractivity contribution in [1.82, 2.24) is 10.3 Å². The van der Waals surface area contributed by atoms with Gasteiger partial charge in [0.05, 0.1) is 12.6 Å². The Morgan fingerprint density at radius 3 is 3.00 bits per heavy atom. The van der Waals surface area contributed by atoms with Crippen LogP contribution in [0.25, 0.3) is 10.9 Å². The molecule has 1 saturated carbocycles. The summed E-state index contributed by atoms with van der Waals surface area (Å²) in [7, 11) is 1.40. The molecule has 3 rings (SSSR count). The van der Waals surface area contributed by atoms with E-state index in [1.807, 2.05) is 18.2 Å². The molecule has 1 fully saturated rings. The van der Waals surface area contributed by atoms with Gasteiger partial charge in [0.15, 0.2) is 0 Å². The Bertz CT molecular complexity index is 670. The topological polar surface area (TPSA) is 51.2 Å². The second-order valence-corrected chi connectivity index (χ2v) is 5.75. The average Bonchev–Trinajstić information content (AvgIpc) is 3.33. The van der Waals surface area contributed by atoms with Gasteiger partial charge in [-0.25, -0.2) is 4.79 Å². The molecule has 0 bridgehead atoms. The molecule has 0 amide bonds. The van der Waals surface area contributed by atoms with E-state index < -0.39 is 6.04 Å². The lowest BCUT2D eigenvalue weighted by Crippen LogP contribution is -2.31. The summed E-state index contributed by atoms with van der Waals surface area (Å²) in [5.74, 6) is 0.369. The second-order valence-electron chi connectivity index (χ2n) is 5.34. The number of hydrogen-bond donors (Lipinski definition) is 1. The molecule has 0 saturated heterocycles. The summed E-state index contributed by atoms with van der Waals surface area (Å²) in [5.41, 5.74) is 1.55. The first-order chi connectivity index (χ1) is 10.2. The lowest BCUT2D eigenvalue weighted by Gasteiger charge is -2.18. The predicted molar refractivity (Wildman–Crippen MR) is 82.2 cm³/mol. The Kier molecular flexibility index (Phi) is 4.08. The van der Waals surface area contributed by atoms with E-state index in [2.05, 4.69) is 10.3 Å². The fourth-order valence-corrected chi connectivity index (χ4v) is 2.65. The van der Waals surface area contributed by atoms with Crippen LogP contribution in [0.4, 0.5) is 0 Å². The van der Waals surface area contributed by atoms with Crippen LogP contribution in [-0.2, 0) is 9.53 Å². The van der Waals surface area contributed by atoms with E-state index in [1.54, 1.807) is 12.3 Å². The van der Waals surface area contributed by atoms with E-state index in [1.165, 1.54) is 20.0 Å². The van der Waals surface area contributed by atoms with Gasteiger partial charge in [0, 0.05) is 22.2 Å². The summed E-state index contributed by atoms with van der Waals surface area (Å²) < 4.78 is 4.94. The number of halogens is 1. The second kappa shape index (κ2) is 6.00. The fraction of sp³-hybridized carbons (Fsp3) is 0.375. The molecule has 1 aromatic heterocycles. The Labute approximate surface area is 128 Å². The molecular formula is C16H17ClN2O2. The Balaban J connectivity index is 2.01. The molecule has 0 radical (unpaired) electrons. The van der Waals surface area contributed by atoms with Crippen molar-refractivity contribution in [2.45, 2.75) is 18.9 Å². The number of nitrogens with zero attached hydrogens (tertiary/aromatic N) is 1. The van der Waals surface area contributed by atoms with Crippen LogP contribution in [0.5, 0.6) is 0 Å². The Hall–Kier alpha value is -1.65. The minimum Gasteiger partial charge on any atom is -0.468 e. The molecule has 21 heavy (non-hydrogen) atoms. The quantitative estimate of drug-likeness (QED) is 0.862. The number of fused-ring (bicyclic) bond motifs is 1. The van der Waals surface area contributed by atoms with Gasteiger partial charge in [-0.1, -0.05) is 17.7 Å². The number of methoxy groups -OCH3 is 1. The number of carbonyl (C=O) groups is 1. The Morgan fingerprint density at radius 1 is 1.48 bits per heavy atom. The highest BCUT2D eigenvalue weighted by Crippen LogP contribution is 2.31. The third-order valence-electron chi connectivity index (χ3n) is 3.80. The molecule has 1 aromatic carbocycles. The monoisotopic (exact) mass is 304 g/mol. The molecule has 5 heteroatoms. The van der Waals surface area contributed by atoms with E-state index in [0.717, 1.165) is 23.0 Å². The van der Waals surface area contributed by atoms with Gasteiger partial charge >= 0.3 is 5.97 Å². The summed E-state index contributed by atoms with van der Waals surface area (Å²) in [6.45, 7) is 0.816. The van der Waals surface area contributed by atoms with Gasteiger partial charge in [0.25, 0.3) is 0 Å². The molecule has 2 aromatic rings. The lowest BCUT2D eigenvalue weighted by atomic mass is 10.0. The molecule has 4 nitrogen and oxygen atoms in total. The highest BCUT2D eigenvalue weighted by Gasteiger charge is 2.28. The predicted octanol–water partition coefficient (Wildman–Crippen LogP) is 3.10. The zero-order valence-corrected chi connectivity index (χ0v) is 12.6. The van der Waals surface area contributed by atoms with Crippen molar-refractivity contribution >= 4 is 28.5 Å². The molecule has 1 heterocycles. The molecular weight excluding hydrogens is 288 g/mol. The number of benzene rings is 1. The summed E-state index contributed by atoms with van der Waals surface area (Å²) >= 11 is 6.21. The van der Waals surface area contributed by atoms with E-state index >= 15 is 0 Å². The minimum absolute atomic E-state index is 0.301. The number of aromatic nitrogens is 1. The van der Waals surface area contributed by atoms with E-state index in [-0.39, 0.29) is 5.97 Å². The van der Waals surface area contributed by atoms with Crippen molar-refractivity contribution in [3.8, 4) is 0 Å². The van der Waals surface area contributed by atoms with Crippen LogP contribution in [0.3, 0.4) is 0 Å². The first-order valence-corrected chi connectivity index (χ1v) is 7.43. The zero-order valence-electron chi connectivity index (χ0n) is 11.8. The van der Waals surface area contributed by atoms with Gasteiger partial charge in [-0.3, -0.25) is 4.98 Å². The summed E-state index contributed by atoms with van der Waals surface area (Å²) in [5, 5.41) is 4.78. The summed E-state index contributed by atoms with van der Waals surface area (Å²) in [4.78, 5) is 16.5. The van der Waals surface area contributed by atoms with Crippen LogP contribution in [0, 0.1) is 5.92 Å². The van der Waals surface area contributed by atoms with Crippen LogP contribution >= 0.6 is 11.6 Å². The van der Waals surface area contributed by atoms with Crippen molar-refractivity contribution < 1.29 is 9.53 Å². The summed E-state index contributed by atoms with van der Waals surface area (Å²) in [6, 6.07) is 6.88. The molecule has 110 valence electrons. The first kappa shape index (κ1) is 14.3. The molecule has 1 aliphatic carbocycles. The highest BCUT2D eigenvalue weighted by atomic mass is 35.5. The van der Waals surface area contributed by atoms with Gasteiger partial charge in [0.2, 0.25) is 0 Å². The standard InChI is InChI=1S/C16H17ClN2O2/c1-21-16(20)15(19-9-10-4-5-10)12-6-7-13(17)11-3-2-8-18-14(11)12/h2-3,6-8,10,15,19H,4-5,9H2,1H3. The number of rotatable bonds is 5. The largest absolute Gasteiger partial charge is 0.468 e. The number of hydrogen-bond acceptors (Lipinski definition) is 4. The normalized spacial score (nSPS) is 15.9. The third-order valence-corrected chi connectivity index (χ3v) is 4.13. The van der Waals surface area contributed by atoms with Crippen LogP contribution in [-0.4, -0.2) is 24.6 Å². The van der Waals surface area contributed by atoms with Crippen molar-refractivity contribution in [2.75, 3.05) is 13.7 Å². The molecule has 1 aliphatic rings. The van der Waals surface area contributed by atoms with Crippen LogP contribution in [0.1, 0.15) is 24.4 Å². The Morgan fingerprint density at radius 2 is 2.29 bits per heavy atom. The van der Waals surface area contributed by atoms with Crippen LogP contribution in [0.15, 0.2) is 30.5 Å².